The van der Waals surface area contributed by atoms with Gasteiger partial charge in [-0.25, -0.2) is 0 Å². The van der Waals surface area contributed by atoms with E-state index in [1.54, 1.807) is 12.1 Å². The zero-order chi connectivity index (χ0) is 9.26. The number of rotatable bonds is 1. The summed E-state index contributed by atoms with van der Waals surface area (Å²) in [4.78, 5) is 0.608. The number of nitrogens with one attached hydrogen (secondary N) is 1. The number of hydrogen-bond acceptors (Lipinski definition) is 2. The van der Waals surface area contributed by atoms with Crippen molar-refractivity contribution in [2.24, 2.45) is 0 Å². The lowest BCUT2D eigenvalue weighted by atomic mass is 10.0. The van der Waals surface area contributed by atoms with Gasteiger partial charge in [0.25, 0.3) is 0 Å². The first-order valence-corrected chi connectivity index (χ1v) is 4.58. The molecular weight excluding hydrogens is 185 g/mol. The average Bonchev–Trinajstić information content (AvgIpc) is 2.18. The van der Waals surface area contributed by atoms with Crippen molar-refractivity contribution < 1.29 is 3.89 Å². The fourth-order valence-corrected chi connectivity index (χ4v) is 1.58. The van der Waals surface area contributed by atoms with Crippen LogP contribution in [-0.4, -0.2) is 0 Å². The summed E-state index contributed by atoms with van der Waals surface area (Å²) in [6, 6.07) is 5.44. The fraction of sp³-hybridized carbons (Fsp3) is 0. The molecule has 1 aliphatic rings. The largest absolute Gasteiger partial charge is 0.362 e. The van der Waals surface area contributed by atoms with Crippen molar-refractivity contribution >= 4 is 23.9 Å². The highest BCUT2D eigenvalue weighted by atomic mass is 32.2. The van der Waals surface area contributed by atoms with Crippen LogP contribution in [0, 0.1) is 0 Å². The van der Waals surface area contributed by atoms with Crippen LogP contribution >= 0.6 is 12.1 Å². The van der Waals surface area contributed by atoms with E-state index in [1.165, 1.54) is 0 Å². The molecule has 0 atom stereocenters. The highest BCUT2D eigenvalue weighted by Gasteiger charge is 2.08. The van der Waals surface area contributed by atoms with Gasteiger partial charge in [0, 0.05) is 22.4 Å². The van der Waals surface area contributed by atoms with Gasteiger partial charge in [-0.1, -0.05) is 12.6 Å². The van der Waals surface area contributed by atoms with Gasteiger partial charge in [0.15, 0.2) is 0 Å². The predicted molar refractivity (Wildman–Crippen MR) is 54.6 cm³/mol. The Kier molecular flexibility index (Phi) is 2.10. The van der Waals surface area contributed by atoms with Crippen LogP contribution in [0.4, 0.5) is 3.89 Å². The lowest BCUT2D eigenvalue weighted by Crippen LogP contribution is -2.07. The molecule has 0 radical (unpaired) electrons. The van der Waals surface area contributed by atoms with Gasteiger partial charge in [-0.3, -0.25) is 0 Å². The van der Waals surface area contributed by atoms with E-state index in [0.29, 0.717) is 4.90 Å². The molecule has 0 spiro atoms. The fourth-order valence-electron chi connectivity index (χ4n) is 1.30. The van der Waals surface area contributed by atoms with E-state index in [-0.39, 0.29) is 12.1 Å². The molecule has 0 bridgehead atoms. The van der Waals surface area contributed by atoms with E-state index >= 15 is 0 Å². The van der Waals surface area contributed by atoms with E-state index in [4.69, 9.17) is 0 Å². The van der Waals surface area contributed by atoms with E-state index in [2.05, 4.69) is 11.9 Å². The second-order valence-electron chi connectivity index (χ2n) is 2.78. The second-order valence-corrected chi connectivity index (χ2v) is 3.41. The summed E-state index contributed by atoms with van der Waals surface area (Å²) in [5.74, 6) is 0. The monoisotopic (exact) mass is 193 g/mol. The minimum absolute atomic E-state index is 0.251. The van der Waals surface area contributed by atoms with Crippen molar-refractivity contribution in [1.29, 1.82) is 0 Å². The third-order valence-corrected chi connectivity index (χ3v) is 2.39. The molecule has 0 amide bonds. The Morgan fingerprint density at radius 2 is 2.23 bits per heavy atom. The summed E-state index contributed by atoms with van der Waals surface area (Å²) < 4.78 is 12.3. The molecule has 1 nitrogen and oxygen atoms in total. The van der Waals surface area contributed by atoms with Gasteiger partial charge in [0.1, 0.15) is 0 Å². The van der Waals surface area contributed by atoms with Gasteiger partial charge in [-0.2, -0.15) is 3.89 Å². The van der Waals surface area contributed by atoms with Crippen molar-refractivity contribution in [3.8, 4) is 0 Å². The van der Waals surface area contributed by atoms with E-state index in [9.17, 15) is 3.89 Å². The van der Waals surface area contributed by atoms with Crippen LogP contribution in [0.3, 0.4) is 0 Å². The molecule has 66 valence electrons. The highest BCUT2D eigenvalue weighted by molar-refractivity contribution is 7.94. The third kappa shape index (κ3) is 1.47. The van der Waals surface area contributed by atoms with Crippen LogP contribution in [0.15, 0.2) is 35.9 Å². The summed E-state index contributed by atoms with van der Waals surface area (Å²) in [7, 11) is 0. The lowest BCUT2D eigenvalue weighted by molar-refractivity contribution is 0.934. The zero-order valence-corrected chi connectivity index (χ0v) is 7.70. The number of benzene rings is 1. The van der Waals surface area contributed by atoms with Crippen molar-refractivity contribution in [2.75, 3.05) is 0 Å². The molecule has 0 aliphatic carbocycles. The Bertz CT molecular complexity index is 385. The number of hydrogen-bond donors (Lipinski definition) is 1. The van der Waals surface area contributed by atoms with Crippen LogP contribution in [-0.2, 0) is 0 Å². The number of fused-ring (bicyclic) bond motifs is 1. The maximum Gasteiger partial charge on any atom is 0.0812 e. The lowest BCUT2D eigenvalue weighted by Gasteiger charge is -2.14. The quantitative estimate of drug-likeness (QED) is 0.735. The van der Waals surface area contributed by atoms with Crippen molar-refractivity contribution in [3.05, 3.63) is 42.1 Å². The van der Waals surface area contributed by atoms with Gasteiger partial charge >= 0.3 is 0 Å². The maximum atomic E-state index is 12.3. The molecule has 0 saturated heterocycles. The topological polar surface area (TPSA) is 12.0 Å². The standard InChI is InChI=1S/C10H8FNS/c1-7-10-6-9(13-11)3-2-8(10)4-5-12-7/h2-6,12H,1H2. The Balaban J connectivity index is 2.54. The first-order valence-electron chi connectivity index (χ1n) is 3.86. The molecule has 1 aliphatic heterocycles. The van der Waals surface area contributed by atoms with Gasteiger partial charge < -0.3 is 5.32 Å². The molecule has 0 unspecified atom stereocenters. The normalized spacial score (nSPS) is 13.8. The van der Waals surface area contributed by atoms with Gasteiger partial charge in [0.2, 0.25) is 0 Å². The predicted octanol–water partition coefficient (Wildman–Crippen LogP) is 3.21. The molecule has 2 rings (SSSR count). The van der Waals surface area contributed by atoms with Crippen LogP contribution in [0.5, 0.6) is 0 Å². The van der Waals surface area contributed by atoms with Crippen LogP contribution < -0.4 is 5.32 Å². The Labute approximate surface area is 80.6 Å². The molecule has 1 aromatic carbocycles. The smallest absolute Gasteiger partial charge is 0.0812 e. The minimum atomic E-state index is 0.251. The van der Waals surface area contributed by atoms with Crippen LogP contribution in [0.25, 0.3) is 11.8 Å². The molecule has 0 aromatic heterocycles. The Morgan fingerprint density at radius 3 is 3.00 bits per heavy atom. The SMILES string of the molecule is C=C1NC=Cc2ccc(SF)cc21. The Hall–Kier alpha value is -1.22. The first-order chi connectivity index (χ1) is 6.31. The molecule has 0 fully saturated rings. The third-order valence-electron chi connectivity index (χ3n) is 1.96. The molecule has 1 heterocycles. The Morgan fingerprint density at radius 1 is 1.38 bits per heavy atom. The van der Waals surface area contributed by atoms with Crippen LogP contribution in [0.1, 0.15) is 11.1 Å². The van der Waals surface area contributed by atoms with Gasteiger partial charge in [-0.05, 0) is 23.8 Å². The van der Waals surface area contributed by atoms with Crippen molar-refractivity contribution in [1.82, 2.24) is 5.32 Å². The summed E-state index contributed by atoms with van der Waals surface area (Å²) >= 11 is 0.251. The van der Waals surface area contributed by atoms with E-state index in [1.807, 2.05) is 18.3 Å². The molecule has 0 saturated carbocycles. The molecule has 1 aromatic rings. The van der Waals surface area contributed by atoms with Crippen molar-refractivity contribution in [3.63, 3.8) is 0 Å². The van der Waals surface area contributed by atoms with E-state index < -0.39 is 0 Å². The van der Waals surface area contributed by atoms with Gasteiger partial charge in [-0.15, -0.1) is 0 Å². The summed E-state index contributed by atoms with van der Waals surface area (Å²) in [5.41, 5.74) is 2.85. The summed E-state index contributed by atoms with van der Waals surface area (Å²) in [5, 5.41) is 2.98. The average molecular weight is 193 g/mol. The molecule has 1 N–H and O–H groups in total. The minimum Gasteiger partial charge on any atom is -0.362 e. The zero-order valence-electron chi connectivity index (χ0n) is 6.88. The maximum absolute atomic E-state index is 12.3. The van der Waals surface area contributed by atoms with Crippen molar-refractivity contribution in [2.45, 2.75) is 4.90 Å². The summed E-state index contributed by atoms with van der Waals surface area (Å²) in [6.07, 6.45) is 3.77. The number of halogens is 1. The van der Waals surface area contributed by atoms with Crippen LogP contribution in [0.2, 0.25) is 0 Å². The van der Waals surface area contributed by atoms with E-state index in [0.717, 1.165) is 16.8 Å². The molecule has 13 heavy (non-hydrogen) atoms. The second kappa shape index (κ2) is 3.26. The highest BCUT2D eigenvalue weighted by Crippen LogP contribution is 2.27. The molecule has 3 heteroatoms. The van der Waals surface area contributed by atoms with Gasteiger partial charge in [0.05, 0.1) is 12.1 Å². The summed E-state index contributed by atoms with van der Waals surface area (Å²) in [6.45, 7) is 3.84. The molecular formula is C10H8FNS. The first kappa shape index (κ1) is 8.38.